The van der Waals surface area contributed by atoms with Crippen LogP contribution in [0.3, 0.4) is 0 Å². The molecule has 1 N–H and O–H groups in total. The topological polar surface area (TPSA) is 40.2 Å². The Morgan fingerprint density at radius 1 is 0.643 bits per heavy atom. The van der Waals surface area contributed by atoms with Crippen LogP contribution in [-0.2, 0) is 25.8 Å². The molecule has 0 aromatic heterocycles. The Bertz CT molecular complexity index is 618. The molecule has 0 saturated carbocycles. The molecule has 0 spiro atoms. The van der Waals surface area contributed by atoms with Crippen molar-refractivity contribution in [2.24, 2.45) is 0 Å². The number of rotatable bonds is 8. The Morgan fingerprint density at radius 3 is 1.21 bits per heavy atom. The van der Waals surface area contributed by atoms with Crippen molar-refractivity contribution in [3.8, 4) is 0 Å². The standard InChI is InChI=1S/C22H31N3.CH4.CH3.Hf/c1-15-11-17(3)21(18(4)12-15)24-9-7-23-8-10-25-22-19(5)13-16(2)14-20(22)6;;;/h11-14,23H,7-10H2,1-6H3;1H4;1H3;/q-2;;-1;. The zero-order valence-corrected chi connectivity index (χ0v) is 21.6. The van der Waals surface area contributed by atoms with E-state index in [1.54, 1.807) is 0 Å². The van der Waals surface area contributed by atoms with Crippen molar-refractivity contribution in [3.63, 3.8) is 0 Å². The van der Waals surface area contributed by atoms with Crippen molar-refractivity contribution in [1.82, 2.24) is 5.32 Å². The van der Waals surface area contributed by atoms with Gasteiger partial charge >= 0.3 is 0 Å². The zero-order chi connectivity index (χ0) is 18.4. The van der Waals surface area contributed by atoms with Gasteiger partial charge in [0.05, 0.1) is 0 Å². The van der Waals surface area contributed by atoms with E-state index in [4.69, 9.17) is 10.6 Å². The number of benzene rings is 2. The summed E-state index contributed by atoms with van der Waals surface area (Å²) < 4.78 is 0. The average molecular weight is 547 g/mol. The molecule has 4 heteroatoms. The number of nitrogens with zero attached hydrogens (tertiary/aromatic N) is 2. The number of nitrogens with one attached hydrogen (secondary N) is 1. The Hall–Kier alpha value is -1.13. The summed E-state index contributed by atoms with van der Waals surface area (Å²) in [5.41, 5.74) is 9.93. The molecular weight excluding hydrogens is 509 g/mol. The van der Waals surface area contributed by atoms with Gasteiger partial charge in [0.25, 0.3) is 0 Å². The molecule has 0 bridgehead atoms. The van der Waals surface area contributed by atoms with E-state index in [2.05, 4.69) is 71.1 Å². The number of aryl methyl sites for hydroxylation is 6. The van der Waals surface area contributed by atoms with Crippen LogP contribution in [0.25, 0.3) is 10.6 Å². The van der Waals surface area contributed by atoms with Crippen molar-refractivity contribution in [2.75, 3.05) is 26.2 Å². The number of hydrogen-bond donors (Lipinski definition) is 1. The van der Waals surface area contributed by atoms with E-state index in [9.17, 15) is 0 Å². The second kappa shape index (κ2) is 13.9. The summed E-state index contributed by atoms with van der Waals surface area (Å²) in [5, 5.41) is 12.9. The molecule has 0 aliphatic rings. The molecule has 28 heavy (non-hydrogen) atoms. The van der Waals surface area contributed by atoms with Crippen LogP contribution in [0.4, 0.5) is 11.4 Å². The van der Waals surface area contributed by atoms with Crippen molar-refractivity contribution < 1.29 is 25.8 Å². The third-order valence-electron chi connectivity index (χ3n) is 4.39. The van der Waals surface area contributed by atoms with Crippen LogP contribution >= 0.6 is 0 Å². The molecule has 2 aromatic carbocycles. The van der Waals surface area contributed by atoms with Crippen LogP contribution in [0.5, 0.6) is 0 Å². The van der Waals surface area contributed by atoms with Crippen LogP contribution in [0.15, 0.2) is 24.3 Å². The van der Waals surface area contributed by atoms with Crippen molar-refractivity contribution >= 4 is 11.4 Å². The van der Waals surface area contributed by atoms with E-state index in [0.717, 1.165) is 37.6 Å². The van der Waals surface area contributed by atoms with Crippen molar-refractivity contribution in [3.05, 3.63) is 75.7 Å². The third-order valence-corrected chi connectivity index (χ3v) is 4.39. The molecule has 0 radical (unpaired) electrons. The molecule has 3 nitrogen and oxygen atoms in total. The summed E-state index contributed by atoms with van der Waals surface area (Å²) in [7, 11) is 0. The van der Waals surface area contributed by atoms with E-state index < -0.39 is 0 Å². The molecule has 0 aliphatic carbocycles. The summed E-state index contributed by atoms with van der Waals surface area (Å²) in [5.74, 6) is 0. The molecule has 2 rings (SSSR count). The first-order valence-electron chi connectivity index (χ1n) is 9.10. The largest absolute Gasteiger partial charge is 0.683 e. The van der Waals surface area contributed by atoms with Gasteiger partial charge in [0, 0.05) is 25.8 Å². The first kappa shape index (κ1) is 29.1. The van der Waals surface area contributed by atoms with Gasteiger partial charge in [-0.25, -0.2) is 0 Å². The fourth-order valence-electron chi connectivity index (χ4n) is 3.46. The van der Waals surface area contributed by atoms with Crippen LogP contribution < -0.4 is 5.32 Å². The van der Waals surface area contributed by atoms with Gasteiger partial charge in [-0.1, -0.05) is 65.1 Å². The summed E-state index contributed by atoms with van der Waals surface area (Å²) in [6.07, 6.45) is 0. The summed E-state index contributed by atoms with van der Waals surface area (Å²) in [6.45, 7) is 16.2. The predicted molar refractivity (Wildman–Crippen MR) is 123 cm³/mol. The predicted octanol–water partition coefficient (Wildman–Crippen LogP) is 6.92. The summed E-state index contributed by atoms with van der Waals surface area (Å²) >= 11 is 0. The smallest absolute Gasteiger partial charge is 0 e. The maximum atomic E-state index is 4.75. The molecule has 0 saturated heterocycles. The van der Waals surface area contributed by atoms with Crippen LogP contribution in [0.2, 0.25) is 0 Å². The maximum absolute atomic E-state index is 4.75. The van der Waals surface area contributed by atoms with Gasteiger partial charge < -0.3 is 23.4 Å². The van der Waals surface area contributed by atoms with Gasteiger partial charge in [0.1, 0.15) is 0 Å². The normalized spacial score (nSPS) is 9.64. The van der Waals surface area contributed by atoms with Crippen molar-refractivity contribution in [1.29, 1.82) is 0 Å². The van der Waals surface area contributed by atoms with Gasteiger partial charge in [-0.2, -0.15) is 0 Å². The second-order valence-electron chi connectivity index (χ2n) is 7.01. The molecule has 0 unspecified atom stereocenters. The van der Waals surface area contributed by atoms with Crippen LogP contribution in [0, 0.1) is 49.0 Å². The zero-order valence-electron chi connectivity index (χ0n) is 18.0. The van der Waals surface area contributed by atoms with E-state index in [-0.39, 0.29) is 40.7 Å². The van der Waals surface area contributed by atoms with Crippen LogP contribution in [0.1, 0.15) is 40.8 Å². The molecule has 0 fully saturated rings. The van der Waals surface area contributed by atoms with Gasteiger partial charge in [0.2, 0.25) is 0 Å². The minimum atomic E-state index is 0. The fraction of sp³-hybridized carbons (Fsp3) is 0.458. The Morgan fingerprint density at radius 2 is 0.929 bits per heavy atom. The fourth-order valence-corrected chi connectivity index (χ4v) is 3.46. The Labute approximate surface area is 192 Å². The molecule has 156 valence electrons. The number of hydrogen-bond acceptors (Lipinski definition) is 1. The van der Waals surface area contributed by atoms with Gasteiger partial charge in [-0.15, -0.1) is 24.5 Å². The van der Waals surface area contributed by atoms with Crippen LogP contribution in [-0.4, -0.2) is 26.2 Å². The molecule has 2 aromatic rings. The molecule has 0 aliphatic heterocycles. The van der Waals surface area contributed by atoms with E-state index in [1.807, 2.05) is 0 Å². The van der Waals surface area contributed by atoms with E-state index >= 15 is 0 Å². The SMILES string of the molecule is C.Cc1cc(C)c([N-]CCNCC[N-]c2c(C)cc(C)cc2C)c(C)c1.[CH3-].[Hf]. The first-order chi connectivity index (χ1) is 11.9. The minimum absolute atomic E-state index is 0. The molecular formula is C24H38HfN3-3. The first-order valence-corrected chi connectivity index (χ1v) is 9.10. The summed E-state index contributed by atoms with van der Waals surface area (Å²) in [4.78, 5) is 0. The Balaban J connectivity index is 0. The van der Waals surface area contributed by atoms with Gasteiger partial charge in [-0.3, -0.25) is 0 Å². The van der Waals surface area contributed by atoms with Gasteiger partial charge in [-0.05, 0) is 54.6 Å². The van der Waals surface area contributed by atoms with E-state index in [1.165, 1.54) is 33.4 Å². The van der Waals surface area contributed by atoms with E-state index in [0.29, 0.717) is 0 Å². The summed E-state index contributed by atoms with van der Waals surface area (Å²) in [6, 6.07) is 8.80. The minimum Gasteiger partial charge on any atom is -0.683 e. The molecule has 0 heterocycles. The molecule has 0 atom stereocenters. The maximum Gasteiger partial charge on any atom is 0 e. The average Bonchev–Trinajstić information content (AvgIpc) is 2.50. The Kier molecular flexibility index (Phi) is 14.5. The molecule has 0 amide bonds. The second-order valence-corrected chi connectivity index (χ2v) is 7.01. The monoisotopic (exact) mass is 548 g/mol. The van der Waals surface area contributed by atoms with Crippen molar-refractivity contribution in [2.45, 2.75) is 49.0 Å². The van der Waals surface area contributed by atoms with Gasteiger partial charge in [0.15, 0.2) is 0 Å². The quantitative estimate of drug-likeness (QED) is 0.218. The third kappa shape index (κ3) is 8.48.